The number of aliphatic carboxylic acids is 1. The molecule has 1 aromatic heterocycles. The molecule has 1 aliphatic rings. The molecule has 0 radical (unpaired) electrons. The number of hydrogen-bond acceptors (Lipinski definition) is 4. The highest BCUT2D eigenvalue weighted by Crippen LogP contribution is 2.30. The Bertz CT molecular complexity index is 1030. The molecule has 10 heteroatoms. The molecular weight excluding hydrogens is 450 g/mol. The third kappa shape index (κ3) is 7.87. The number of benzene rings is 1. The molecule has 0 aliphatic heterocycles. The average molecular weight is 484 g/mol. The number of nitrogens with one attached hydrogen (secondary N) is 4. The fourth-order valence-corrected chi connectivity index (χ4v) is 4.34. The molecule has 1 fully saturated rings. The first-order chi connectivity index (χ1) is 16.8. The number of carbonyl (C=O) groups excluding carboxylic acids is 3. The van der Waals surface area contributed by atoms with Crippen molar-refractivity contribution in [2.45, 2.75) is 38.6 Å². The summed E-state index contributed by atoms with van der Waals surface area (Å²) in [4.78, 5) is 48.5. The molecule has 1 saturated carbocycles. The van der Waals surface area contributed by atoms with Crippen LogP contribution >= 0.6 is 0 Å². The molecule has 5 N–H and O–H groups in total. The highest BCUT2D eigenvalue weighted by atomic mass is 16.4. The number of carboxylic acid groups (broad SMARTS) is 1. The van der Waals surface area contributed by atoms with Crippen LogP contribution in [0.5, 0.6) is 0 Å². The van der Waals surface area contributed by atoms with Gasteiger partial charge in [0.25, 0.3) is 5.91 Å². The van der Waals surface area contributed by atoms with Crippen LogP contribution in [0.3, 0.4) is 0 Å². The summed E-state index contributed by atoms with van der Waals surface area (Å²) in [5, 5.41) is 20.1. The molecule has 1 unspecified atom stereocenters. The average Bonchev–Trinajstić information content (AvgIpc) is 3.22. The zero-order chi connectivity index (χ0) is 25.2. The van der Waals surface area contributed by atoms with E-state index in [0.717, 1.165) is 37.7 Å². The molecule has 35 heavy (non-hydrogen) atoms. The van der Waals surface area contributed by atoms with E-state index >= 15 is 0 Å². The molecular formula is C25H33N5O5. The van der Waals surface area contributed by atoms with Crippen LogP contribution in [-0.2, 0) is 23.2 Å². The van der Waals surface area contributed by atoms with E-state index in [1.165, 1.54) is 6.07 Å². The van der Waals surface area contributed by atoms with Gasteiger partial charge >= 0.3 is 12.0 Å². The second kappa shape index (κ2) is 12.6. The van der Waals surface area contributed by atoms with Crippen molar-refractivity contribution in [3.63, 3.8) is 0 Å². The summed E-state index contributed by atoms with van der Waals surface area (Å²) >= 11 is 0. The molecule has 188 valence electrons. The van der Waals surface area contributed by atoms with Gasteiger partial charge in [0.1, 0.15) is 5.69 Å². The minimum atomic E-state index is -0.905. The maximum Gasteiger partial charge on any atom is 0.319 e. The van der Waals surface area contributed by atoms with E-state index < -0.39 is 29.7 Å². The van der Waals surface area contributed by atoms with Gasteiger partial charge in [-0.1, -0.05) is 49.6 Å². The van der Waals surface area contributed by atoms with Crippen LogP contribution in [-0.4, -0.2) is 46.6 Å². The van der Waals surface area contributed by atoms with Crippen LogP contribution in [0.25, 0.3) is 0 Å². The number of aromatic nitrogens is 1. The third-order valence-corrected chi connectivity index (χ3v) is 6.26. The summed E-state index contributed by atoms with van der Waals surface area (Å²) < 4.78 is 1.55. The fourth-order valence-electron chi connectivity index (χ4n) is 4.34. The summed E-state index contributed by atoms with van der Waals surface area (Å²) in [6.07, 6.45) is 6.46. The zero-order valence-corrected chi connectivity index (χ0v) is 19.9. The monoisotopic (exact) mass is 483 g/mol. The summed E-state index contributed by atoms with van der Waals surface area (Å²) in [7, 11) is 1.66. The third-order valence-electron chi connectivity index (χ3n) is 6.26. The molecule has 0 bridgehead atoms. The summed E-state index contributed by atoms with van der Waals surface area (Å²) in [6.45, 7) is 0.137. The fraction of sp³-hybridized carbons (Fsp3) is 0.440. The minimum absolute atomic E-state index is 0.0466. The number of nitrogens with zero attached hydrogens (tertiary/aromatic N) is 1. The van der Waals surface area contributed by atoms with Gasteiger partial charge in [0.2, 0.25) is 5.91 Å². The number of urea groups is 1. The second-order valence-electron chi connectivity index (χ2n) is 8.85. The van der Waals surface area contributed by atoms with Crippen LogP contribution < -0.4 is 21.3 Å². The highest BCUT2D eigenvalue weighted by Gasteiger charge is 2.29. The number of rotatable bonds is 10. The van der Waals surface area contributed by atoms with Crippen molar-refractivity contribution in [2.24, 2.45) is 18.9 Å². The van der Waals surface area contributed by atoms with Crippen LogP contribution in [0.15, 0.2) is 42.6 Å². The molecule has 1 aromatic carbocycles. The Hall–Kier alpha value is -3.82. The van der Waals surface area contributed by atoms with E-state index in [4.69, 9.17) is 0 Å². The standard InChI is InChI=1S/C25H33N5O5/c1-30-16-19(29-25(35)28-13-17-8-4-2-5-9-17)12-21(30)23(32)27-15-22(31)26-14-20(24(33)34)18-10-6-3-7-11-18/h2,4-5,8-9,12,16,18,20H,3,6-7,10-11,13-15H2,1H3,(H,26,31)(H,27,32)(H,33,34)(H2,28,29,35). The van der Waals surface area contributed by atoms with E-state index in [-0.39, 0.29) is 24.7 Å². The number of hydrogen-bond donors (Lipinski definition) is 5. The van der Waals surface area contributed by atoms with E-state index in [1.807, 2.05) is 30.3 Å². The van der Waals surface area contributed by atoms with Gasteiger partial charge in [-0.05, 0) is 30.4 Å². The maximum atomic E-state index is 12.5. The molecule has 1 atom stereocenters. The van der Waals surface area contributed by atoms with Gasteiger partial charge in [0.15, 0.2) is 0 Å². The highest BCUT2D eigenvalue weighted by molar-refractivity contribution is 5.97. The Kier molecular flexibility index (Phi) is 9.28. The lowest BCUT2D eigenvalue weighted by Crippen LogP contribution is -2.42. The van der Waals surface area contributed by atoms with Gasteiger partial charge in [0.05, 0.1) is 18.2 Å². The summed E-state index contributed by atoms with van der Waals surface area (Å²) in [5.74, 6) is -2.39. The van der Waals surface area contributed by atoms with Crippen LogP contribution in [0.4, 0.5) is 10.5 Å². The van der Waals surface area contributed by atoms with Crippen molar-refractivity contribution in [2.75, 3.05) is 18.4 Å². The second-order valence-corrected chi connectivity index (χ2v) is 8.85. The van der Waals surface area contributed by atoms with E-state index in [2.05, 4.69) is 21.3 Å². The van der Waals surface area contributed by atoms with Gasteiger partial charge in [-0.15, -0.1) is 0 Å². The summed E-state index contributed by atoms with van der Waals surface area (Å²) in [5.41, 5.74) is 1.66. The Morgan fingerprint density at radius 3 is 2.43 bits per heavy atom. The van der Waals surface area contributed by atoms with Crippen molar-refractivity contribution in [1.82, 2.24) is 20.5 Å². The Balaban J connectivity index is 1.44. The zero-order valence-electron chi connectivity index (χ0n) is 19.9. The van der Waals surface area contributed by atoms with Gasteiger partial charge < -0.3 is 30.9 Å². The molecule has 1 heterocycles. The normalized spacial score (nSPS) is 14.5. The van der Waals surface area contributed by atoms with Crippen molar-refractivity contribution < 1.29 is 24.3 Å². The quantitative estimate of drug-likeness (QED) is 0.353. The van der Waals surface area contributed by atoms with Crippen LogP contribution in [0.2, 0.25) is 0 Å². The molecule has 3 rings (SSSR count). The molecule has 10 nitrogen and oxygen atoms in total. The van der Waals surface area contributed by atoms with Crippen molar-refractivity contribution in [3.05, 3.63) is 53.9 Å². The first-order valence-electron chi connectivity index (χ1n) is 11.9. The maximum absolute atomic E-state index is 12.5. The van der Waals surface area contributed by atoms with E-state index in [1.54, 1.807) is 17.8 Å². The predicted molar refractivity (Wildman–Crippen MR) is 131 cm³/mol. The minimum Gasteiger partial charge on any atom is -0.481 e. The SMILES string of the molecule is Cn1cc(NC(=O)NCc2ccccc2)cc1C(=O)NCC(=O)NCC(C(=O)O)C1CCCCC1. The van der Waals surface area contributed by atoms with Gasteiger partial charge in [-0.3, -0.25) is 14.4 Å². The van der Waals surface area contributed by atoms with Gasteiger partial charge in [-0.2, -0.15) is 0 Å². The molecule has 4 amide bonds. The number of carboxylic acids is 1. The predicted octanol–water partition coefficient (Wildman–Crippen LogP) is 2.47. The Morgan fingerprint density at radius 2 is 1.74 bits per heavy atom. The molecule has 2 aromatic rings. The lowest BCUT2D eigenvalue weighted by Gasteiger charge is -2.27. The van der Waals surface area contributed by atoms with E-state index in [9.17, 15) is 24.3 Å². The first-order valence-corrected chi connectivity index (χ1v) is 11.9. The molecule has 1 aliphatic carbocycles. The first kappa shape index (κ1) is 25.8. The lowest BCUT2D eigenvalue weighted by molar-refractivity contribution is -0.144. The van der Waals surface area contributed by atoms with Crippen LogP contribution in [0.1, 0.15) is 48.2 Å². The largest absolute Gasteiger partial charge is 0.481 e. The Morgan fingerprint density at radius 1 is 1.03 bits per heavy atom. The van der Waals surface area contributed by atoms with Gasteiger partial charge in [0, 0.05) is 26.3 Å². The number of anilines is 1. The molecule has 0 spiro atoms. The van der Waals surface area contributed by atoms with Crippen molar-refractivity contribution in [3.8, 4) is 0 Å². The summed E-state index contributed by atoms with van der Waals surface area (Å²) in [6, 6.07) is 10.6. The smallest absolute Gasteiger partial charge is 0.319 e. The van der Waals surface area contributed by atoms with Crippen LogP contribution in [0, 0.1) is 11.8 Å². The molecule has 0 saturated heterocycles. The Labute approximate surface area is 204 Å². The van der Waals surface area contributed by atoms with Crippen molar-refractivity contribution in [1.29, 1.82) is 0 Å². The number of carbonyl (C=O) groups is 4. The number of aryl methyl sites for hydroxylation is 1. The number of amides is 4. The lowest BCUT2D eigenvalue weighted by atomic mass is 9.80. The topological polar surface area (TPSA) is 142 Å². The van der Waals surface area contributed by atoms with E-state index in [0.29, 0.717) is 12.2 Å². The van der Waals surface area contributed by atoms with Gasteiger partial charge in [-0.25, -0.2) is 4.79 Å². The van der Waals surface area contributed by atoms with Crippen molar-refractivity contribution >= 4 is 29.5 Å².